The molecular formula is C8H17F2N3. The summed E-state index contributed by atoms with van der Waals surface area (Å²) in [5.74, 6) is 0. The molecule has 1 fully saturated rings. The van der Waals surface area contributed by atoms with Crippen LogP contribution >= 0.6 is 0 Å². The highest BCUT2D eigenvalue weighted by atomic mass is 19.3. The van der Waals surface area contributed by atoms with E-state index >= 15 is 0 Å². The number of nitrogens with one attached hydrogen (secondary N) is 2. The number of piperazine rings is 1. The molecule has 0 spiro atoms. The zero-order chi connectivity index (χ0) is 9.68. The van der Waals surface area contributed by atoms with Crippen LogP contribution in [-0.2, 0) is 0 Å². The van der Waals surface area contributed by atoms with E-state index in [1.54, 1.807) is 0 Å². The molecule has 0 saturated carbocycles. The Morgan fingerprint density at radius 1 is 1.62 bits per heavy atom. The molecule has 1 atom stereocenters. The average Bonchev–Trinajstić information content (AvgIpc) is 2.15. The molecular weight excluding hydrogens is 176 g/mol. The van der Waals surface area contributed by atoms with Crippen LogP contribution in [0.2, 0.25) is 0 Å². The van der Waals surface area contributed by atoms with Crippen molar-refractivity contribution >= 4 is 0 Å². The number of hydrogen-bond acceptors (Lipinski definition) is 3. The molecule has 0 aromatic carbocycles. The number of rotatable bonds is 4. The Kier molecular flexibility index (Phi) is 4.55. The Balaban J connectivity index is 2.25. The topological polar surface area (TPSA) is 27.3 Å². The Morgan fingerprint density at radius 2 is 2.38 bits per heavy atom. The van der Waals surface area contributed by atoms with Gasteiger partial charge in [0.05, 0.1) is 6.04 Å². The minimum absolute atomic E-state index is 0.458. The van der Waals surface area contributed by atoms with E-state index < -0.39 is 12.5 Å². The molecule has 1 heterocycles. The Hall–Kier alpha value is -0.260. The molecule has 5 heteroatoms. The second-order valence-electron chi connectivity index (χ2n) is 3.30. The smallest absolute Gasteiger partial charge is 0.254 e. The Morgan fingerprint density at radius 3 is 3.00 bits per heavy atom. The maximum atomic E-state index is 12.3. The van der Waals surface area contributed by atoms with Gasteiger partial charge in [0.2, 0.25) is 0 Å². The van der Waals surface area contributed by atoms with Gasteiger partial charge in [0.1, 0.15) is 0 Å². The highest BCUT2D eigenvalue weighted by Crippen LogP contribution is 2.06. The van der Waals surface area contributed by atoms with Gasteiger partial charge in [-0.1, -0.05) is 0 Å². The van der Waals surface area contributed by atoms with Crippen molar-refractivity contribution in [3.63, 3.8) is 0 Å². The number of nitrogens with zero attached hydrogens (tertiary/aromatic N) is 1. The van der Waals surface area contributed by atoms with Gasteiger partial charge < -0.3 is 10.6 Å². The molecule has 1 rings (SSSR count). The zero-order valence-corrected chi connectivity index (χ0v) is 7.89. The molecule has 1 aliphatic rings. The van der Waals surface area contributed by atoms with Crippen molar-refractivity contribution in [3.8, 4) is 0 Å². The van der Waals surface area contributed by atoms with Gasteiger partial charge in [0.25, 0.3) is 6.43 Å². The number of halogens is 2. The Labute approximate surface area is 77.5 Å². The number of alkyl halides is 2. The summed E-state index contributed by atoms with van der Waals surface area (Å²) in [6.07, 6.45) is -2.25. The summed E-state index contributed by atoms with van der Waals surface area (Å²) >= 11 is 0. The predicted molar refractivity (Wildman–Crippen MR) is 48.2 cm³/mol. The molecule has 1 unspecified atom stereocenters. The van der Waals surface area contributed by atoms with E-state index in [-0.39, 0.29) is 0 Å². The molecule has 1 saturated heterocycles. The fourth-order valence-electron chi connectivity index (χ4n) is 1.48. The second kappa shape index (κ2) is 5.47. The first-order valence-corrected chi connectivity index (χ1v) is 4.62. The second-order valence-corrected chi connectivity index (χ2v) is 3.30. The van der Waals surface area contributed by atoms with Gasteiger partial charge in [0, 0.05) is 32.7 Å². The maximum Gasteiger partial charge on any atom is 0.254 e. The molecule has 0 bridgehead atoms. The predicted octanol–water partition coefficient (Wildman–Crippen LogP) is -0.255. The van der Waals surface area contributed by atoms with Crippen LogP contribution in [0.1, 0.15) is 0 Å². The molecule has 0 amide bonds. The normalized spacial score (nSPS) is 25.4. The molecule has 13 heavy (non-hydrogen) atoms. The standard InChI is InChI=1S/C8H17F2N3/c1-11-2-4-13-5-3-12-7(6-13)8(9)10/h7-8,11-12H,2-6H2,1H3. The average molecular weight is 193 g/mol. The third-order valence-corrected chi connectivity index (χ3v) is 2.27. The number of likely N-dealkylation sites (N-methyl/N-ethyl adjacent to an activating group) is 1. The van der Waals surface area contributed by atoms with Crippen LogP contribution in [0.3, 0.4) is 0 Å². The van der Waals surface area contributed by atoms with Crippen LogP contribution in [0.4, 0.5) is 8.78 Å². The molecule has 0 aromatic heterocycles. The van der Waals surface area contributed by atoms with E-state index in [4.69, 9.17) is 0 Å². The molecule has 0 aliphatic carbocycles. The van der Waals surface area contributed by atoms with Gasteiger partial charge in [-0.3, -0.25) is 4.90 Å². The molecule has 2 N–H and O–H groups in total. The van der Waals surface area contributed by atoms with Crippen LogP contribution in [-0.4, -0.2) is 57.1 Å². The Bertz CT molecular complexity index is 143. The van der Waals surface area contributed by atoms with Crippen molar-refractivity contribution in [2.45, 2.75) is 12.5 Å². The van der Waals surface area contributed by atoms with E-state index in [1.165, 1.54) is 0 Å². The largest absolute Gasteiger partial charge is 0.318 e. The van der Waals surface area contributed by atoms with Gasteiger partial charge in [-0.05, 0) is 7.05 Å². The summed E-state index contributed by atoms with van der Waals surface area (Å²) in [5.41, 5.74) is 0. The first kappa shape index (κ1) is 10.8. The van der Waals surface area contributed by atoms with Gasteiger partial charge in [-0.25, -0.2) is 8.78 Å². The summed E-state index contributed by atoms with van der Waals surface area (Å²) < 4.78 is 24.6. The van der Waals surface area contributed by atoms with Crippen LogP contribution in [0.25, 0.3) is 0 Å². The van der Waals surface area contributed by atoms with Crippen LogP contribution < -0.4 is 10.6 Å². The first-order valence-electron chi connectivity index (χ1n) is 4.62. The van der Waals surface area contributed by atoms with E-state index in [1.807, 2.05) is 7.05 Å². The zero-order valence-electron chi connectivity index (χ0n) is 7.89. The van der Waals surface area contributed by atoms with Crippen molar-refractivity contribution in [2.24, 2.45) is 0 Å². The lowest BCUT2D eigenvalue weighted by Crippen LogP contribution is -2.54. The van der Waals surface area contributed by atoms with Crippen molar-refractivity contribution in [3.05, 3.63) is 0 Å². The van der Waals surface area contributed by atoms with Crippen molar-refractivity contribution in [1.82, 2.24) is 15.5 Å². The minimum atomic E-state index is -2.25. The van der Waals surface area contributed by atoms with Gasteiger partial charge in [-0.2, -0.15) is 0 Å². The first-order chi connectivity index (χ1) is 6.24. The maximum absolute atomic E-state index is 12.3. The summed E-state index contributed by atoms with van der Waals surface area (Å²) in [6.45, 7) is 3.69. The molecule has 1 aliphatic heterocycles. The lowest BCUT2D eigenvalue weighted by Gasteiger charge is -2.33. The van der Waals surface area contributed by atoms with E-state index in [9.17, 15) is 8.78 Å². The summed E-state index contributed by atoms with van der Waals surface area (Å²) in [5, 5.41) is 5.82. The highest BCUT2D eigenvalue weighted by molar-refractivity contribution is 4.80. The van der Waals surface area contributed by atoms with Crippen molar-refractivity contribution in [2.75, 3.05) is 39.8 Å². The van der Waals surface area contributed by atoms with Crippen LogP contribution in [0, 0.1) is 0 Å². The summed E-state index contributed by atoms with van der Waals surface area (Å²) in [6, 6.07) is -0.648. The fraction of sp³-hybridized carbons (Fsp3) is 1.00. The minimum Gasteiger partial charge on any atom is -0.318 e. The monoisotopic (exact) mass is 193 g/mol. The number of hydrogen-bond donors (Lipinski definition) is 2. The van der Waals surface area contributed by atoms with E-state index in [2.05, 4.69) is 15.5 Å². The highest BCUT2D eigenvalue weighted by Gasteiger charge is 2.25. The van der Waals surface area contributed by atoms with Gasteiger partial charge in [-0.15, -0.1) is 0 Å². The van der Waals surface area contributed by atoms with E-state index in [0.29, 0.717) is 13.1 Å². The summed E-state index contributed by atoms with van der Waals surface area (Å²) in [7, 11) is 1.87. The lowest BCUT2D eigenvalue weighted by atomic mass is 10.2. The van der Waals surface area contributed by atoms with Crippen molar-refractivity contribution in [1.29, 1.82) is 0 Å². The third kappa shape index (κ3) is 3.54. The molecule has 3 nitrogen and oxygen atoms in total. The van der Waals surface area contributed by atoms with Gasteiger partial charge in [0.15, 0.2) is 0 Å². The van der Waals surface area contributed by atoms with Crippen LogP contribution in [0.5, 0.6) is 0 Å². The lowest BCUT2D eigenvalue weighted by molar-refractivity contribution is 0.0574. The van der Waals surface area contributed by atoms with Crippen molar-refractivity contribution < 1.29 is 8.78 Å². The van der Waals surface area contributed by atoms with Gasteiger partial charge >= 0.3 is 0 Å². The fourth-order valence-corrected chi connectivity index (χ4v) is 1.48. The molecule has 0 radical (unpaired) electrons. The van der Waals surface area contributed by atoms with E-state index in [0.717, 1.165) is 19.6 Å². The quantitative estimate of drug-likeness (QED) is 0.644. The summed E-state index contributed by atoms with van der Waals surface area (Å²) in [4.78, 5) is 2.06. The SMILES string of the molecule is CNCCN1CCNC(C(F)F)C1. The van der Waals surface area contributed by atoms with Crippen LogP contribution in [0.15, 0.2) is 0 Å². The molecule has 78 valence electrons. The third-order valence-electron chi connectivity index (χ3n) is 2.27. The molecule has 0 aromatic rings.